The number of fused-ring (bicyclic) bond motifs is 1. The number of benzene rings is 1. The van der Waals surface area contributed by atoms with Crippen LogP contribution in [-0.2, 0) is 6.42 Å². The molecule has 4 aromatic rings. The first-order valence-corrected chi connectivity index (χ1v) is 12.7. The summed E-state index contributed by atoms with van der Waals surface area (Å²) in [6.45, 7) is 4.06. The van der Waals surface area contributed by atoms with Crippen molar-refractivity contribution in [1.29, 1.82) is 0 Å². The van der Waals surface area contributed by atoms with Crippen molar-refractivity contribution in [2.75, 3.05) is 20.1 Å². The third kappa shape index (κ3) is 4.60. The van der Waals surface area contributed by atoms with Gasteiger partial charge in [-0.2, -0.15) is 0 Å². The number of hydrogen-bond donors (Lipinski definition) is 1. The lowest BCUT2D eigenvalue weighted by molar-refractivity contribution is 0.0912. The molecule has 0 radical (unpaired) electrons. The molecule has 1 saturated heterocycles. The normalized spacial score (nSPS) is 15.3. The maximum atomic E-state index is 13.0. The van der Waals surface area contributed by atoms with Gasteiger partial charge in [0.2, 0.25) is 0 Å². The van der Waals surface area contributed by atoms with Gasteiger partial charge in [-0.25, -0.2) is 9.97 Å². The molecule has 4 heterocycles. The minimum Gasteiger partial charge on any atom is -0.348 e. The van der Waals surface area contributed by atoms with Crippen LogP contribution in [0.3, 0.4) is 0 Å². The van der Waals surface area contributed by atoms with Crippen molar-refractivity contribution in [3.05, 3.63) is 69.0 Å². The SMILES string of the molecule is Cc1nc(-c2ccc(Cc3cc(C(=O)NC4CCN(C)CC4)nc4ccsc34)cc2)cs1. The highest BCUT2D eigenvalue weighted by Crippen LogP contribution is 2.28. The van der Waals surface area contributed by atoms with E-state index in [0.717, 1.165) is 64.4 Å². The average Bonchev–Trinajstić information content (AvgIpc) is 3.45. The molecule has 164 valence electrons. The fourth-order valence-electron chi connectivity index (χ4n) is 4.19. The second-order valence-electron chi connectivity index (χ2n) is 8.48. The lowest BCUT2D eigenvalue weighted by Gasteiger charge is -2.29. The fourth-order valence-corrected chi connectivity index (χ4v) is 5.66. The highest BCUT2D eigenvalue weighted by Gasteiger charge is 2.21. The third-order valence-corrected chi connectivity index (χ3v) is 7.79. The number of pyridine rings is 1. The lowest BCUT2D eigenvalue weighted by Crippen LogP contribution is -2.43. The first-order chi connectivity index (χ1) is 15.5. The number of thiophene rings is 1. The number of rotatable bonds is 5. The number of nitrogens with one attached hydrogen (secondary N) is 1. The molecule has 0 aliphatic carbocycles. The molecule has 0 atom stereocenters. The van der Waals surface area contributed by atoms with Crippen LogP contribution in [0.1, 0.15) is 39.5 Å². The summed E-state index contributed by atoms with van der Waals surface area (Å²) in [6, 6.07) is 12.8. The summed E-state index contributed by atoms with van der Waals surface area (Å²) in [7, 11) is 2.13. The van der Waals surface area contributed by atoms with Crippen molar-refractivity contribution >= 4 is 38.8 Å². The average molecular weight is 463 g/mol. The number of hydrogen-bond acceptors (Lipinski definition) is 6. The largest absolute Gasteiger partial charge is 0.348 e. The number of amides is 1. The Hall–Kier alpha value is -2.61. The van der Waals surface area contributed by atoms with Gasteiger partial charge < -0.3 is 10.2 Å². The molecular weight excluding hydrogens is 436 g/mol. The van der Waals surface area contributed by atoms with Crippen LogP contribution in [0.15, 0.2) is 47.2 Å². The lowest BCUT2D eigenvalue weighted by atomic mass is 10.0. The van der Waals surface area contributed by atoms with Crippen LogP contribution in [0.2, 0.25) is 0 Å². The van der Waals surface area contributed by atoms with Gasteiger partial charge in [0.05, 0.1) is 20.9 Å². The van der Waals surface area contributed by atoms with Crippen LogP contribution >= 0.6 is 22.7 Å². The van der Waals surface area contributed by atoms with E-state index in [9.17, 15) is 4.79 Å². The van der Waals surface area contributed by atoms with Gasteiger partial charge >= 0.3 is 0 Å². The Labute approximate surface area is 196 Å². The monoisotopic (exact) mass is 462 g/mol. The molecule has 1 amide bonds. The second-order valence-corrected chi connectivity index (χ2v) is 10.5. The van der Waals surface area contributed by atoms with E-state index in [1.807, 2.05) is 24.4 Å². The fraction of sp³-hybridized carbons (Fsp3) is 0.320. The molecule has 32 heavy (non-hydrogen) atoms. The van der Waals surface area contributed by atoms with E-state index in [4.69, 9.17) is 0 Å². The predicted molar refractivity (Wildman–Crippen MR) is 133 cm³/mol. The van der Waals surface area contributed by atoms with Gasteiger partial charge in [-0.05, 0) is 75.0 Å². The topological polar surface area (TPSA) is 58.1 Å². The number of likely N-dealkylation sites (tertiary alicyclic amines) is 1. The van der Waals surface area contributed by atoms with E-state index in [-0.39, 0.29) is 11.9 Å². The summed E-state index contributed by atoms with van der Waals surface area (Å²) < 4.78 is 1.15. The molecule has 1 aliphatic rings. The van der Waals surface area contributed by atoms with Crippen molar-refractivity contribution in [3.8, 4) is 11.3 Å². The highest BCUT2D eigenvalue weighted by molar-refractivity contribution is 7.17. The van der Waals surface area contributed by atoms with Crippen molar-refractivity contribution < 1.29 is 4.79 Å². The summed E-state index contributed by atoms with van der Waals surface area (Å²) in [5, 5.41) is 8.42. The summed E-state index contributed by atoms with van der Waals surface area (Å²) in [5.41, 5.74) is 5.93. The Bertz CT molecular complexity index is 1240. The minimum atomic E-state index is -0.0665. The number of aryl methyl sites for hydroxylation is 1. The molecule has 0 unspecified atom stereocenters. The molecule has 0 spiro atoms. The Balaban J connectivity index is 1.36. The number of thiazole rings is 1. The maximum Gasteiger partial charge on any atom is 0.270 e. The summed E-state index contributed by atoms with van der Waals surface area (Å²) in [4.78, 5) is 24.5. The van der Waals surface area contributed by atoms with E-state index in [1.54, 1.807) is 22.7 Å². The van der Waals surface area contributed by atoms with Gasteiger partial charge in [0.15, 0.2) is 0 Å². The molecule has 1 aromatic carbocycles. The minimum absolute atomic E-state index is 0.0665. The van der Waals surface area contributed by atoms with E-state index < -0.39 is 0 Å². The van der Waals surface area contributed by atoms with Crippen LogP contribution in [-0.4, -0.2) is 47.0 Å². The van der Waals surface area contributed by atoms with Crippen LogP contribution < -0.4 is 5.32 Å². The quantitative estimate of drug-likeness (QED) is 0.446. The molecule has 3 aromatic heterocycles. The van der Waals surface area contributed by atoms with Crippen molar-refractivity contribution in [3.63, 3.8) is 0 Å². The van der Waals surface area contributed by atoms with Gasteiger partial charge in [-0.3, -0.25) is 4.79 Å². The molecule has 1 aliphatic heterocycles. The van der Waals surface area contributed by atoms with E-state index >= 15 is 0 Å². The highest BCUT2D eigenvalue weighted by atomic mass is 32.1. The molecule has 0 saturated carbocycles. The Morgan fingerprint density at radius 3 is 2.62 bits per heavy atom. The van der Waals surface area contributed by atoms with Crippen molar-refractivity contribution in [2.45, 2.75) is 32.2 Å². The zero-order chi connectivity index (χ0) is 22.1. The summed E-state index contributed by atoms with van der Waals surface area (Å²) >= 11 is 3.35. The van der Waals surface area contributed by atoms with Crippen molar-refractivity contribution in [2.24, 2.45) is 0 Å². The Morgan fingerprint density at radius 2 is 1.91 bits per heavy atom. The van der Waals surface area contributed by atoms with Gasteiger partial charge in [0, 0.05) is 17.0 Å². The van der Waals surface area contributed by atoms with E-state index in [1.165, 1.54) is 5.56 Å². The standard InChI is InChI=1S/C25H26N4OS2/c1-16-26-23(15-32-16)18-5-3-17(4-6-18)13-19-14-22(28-21-9-12-31-24(19)21)25(30)27-20-7-10-29(2)11-8-20/h3-6,9,12,14-15,20H,7-8,10-11,13H2,1-2H3,(H,27,30). The molecule has 5 nitrogen and oxygen atoms in total. The number of aromatic nitrogens is 2. The van der Waals surface area contributed by atoms with Crippen molar-refractivity contribution in [1.82, 2.24) is 20.2 Å². The van der Waals surface area contributed by atoms with Crippen LogP contribution in [0, 0.1) is 6.92 Å². The predicted octanol–water partition coefficient (Wildman–Crippen LogP) is 5.14. The van der Waals surface area contributed by atoms with E-state index in [2.05, 4.69) is 56.9 Å². The van der Waals surface area contributed by atoms with Crippen LogP contribution in [0.25, 0.3) is 21.5 Å². The summed E-state index contributed by atoms with van der Waals surface area (Å²) in [5.74, 6) is -0.0665. The second kappa shape index (κ2) is 9.10. The molecule has 0 bridgehead atoms. The smallest absolute Gasteiger partial charge is 0.270 e. The molecule has 1 fully saturated rings. The zero-order valence-corrected chi connectivity index (χ0v) is 19.9. The first kappa shape index (κ1) is 21.2. The molecule has 1 N–H and O–H groups in total. The number of piperidine rings is 1. The summed E-state index contributed by atoms with van der Waals surface area (Å²) in [6.07, 6.45) is 2.74. The number of carbonyl (C=O) groups excluding carboxylic acids is 1. The number of carbonyl (C=O) groups is 1. The third-order valence-electron chi connectivity index (χ3n) is 6.04. The van der Waals surface area contributed by atoms with Crippen LogP contribution in [0.5, 0.6) is 0 Å². The Morgan fingerprint density at radius 1 is 1.12 bits per heavy atom. The molecule has 7 heteroatoms. The number of nitrogens with zero attached hydrogens (tertiary/aromatic N) is 3. The van der Waals surface area contributed by atoms with Gasteiger partial charge in [-0.1, -0.05) is 24.3 Å². The van der Waals surface area contributed by atoms with E-state index in [0.29, 0.717) is 5.69 Å². The maximum absolute atomic E-state index is 13.0. The van der Waals surface area contributed by atoms with Gasteiger partial charge in [0.1, 0.15) is 5.69 Å². The van der Waals surface area contributed by atoms with Gasteiger partial charge in [-0.15, -0.1) is 22.7 Å². The van der Waals surface area contributed by atoms with Crippen LogP contribution in [0.4, 0.5) is 0 Å². The van der Waals surface area contributed by atoms with Gasteiger partial charge in [0.25, 0.3) is 5.91 Å². The molecular formula is C25H26N4OS2. The first-order valence-electron chi connectivity index (χ1n) is 10.9. The Kier molecular flexibility index (Phi) is 6.04. The molecule has 5 rings (SSSR count). The zero-order valence-electron chi connectivity index (χ0n) is 18.3.